The van der Waals surface area contributed by atoms with E-state index in [1.54, 1.807) is 25.1 Å². The van der Waals surface area contributed by atoms with Gasteiger partial charge in [-0.15, -0.1) is 11.8 Å². The summed E-state index contributed by atoms with van der Waals surface area (Å²) in [7, 11) is 1.65. The fraction of sp³-hybridized carbons (Fsp3) is 0.385. The Hall–Kier alpha value is -2.73. The van der Waals surface area contributed by atoms with Gasteiger partial charge in [-0.3, -0.25) is 9.78 Å². The summed E-state index contributed by atoms with van der Waals surface area (Å²) >= 11 is 1.75. The molecule has 2 aliphatic rings. The molecular weight excluding hydrogens is 420 g/mol. The molecule has 1 saturated carbocycles. The molecule has 32 heavy (non-hydrogen) atoms. The van der Waals surface area contributed by atoms with E-state index in [0.29, 0.717) is 6.04 Å². The maximum absolute atomic E-state index is 13.1. The Bertz CT molecular complexity index is 1140. The number of nitrogens with one attached hydrogen (secondary N) is 1. The molecule has 5 rings (SSSR count). The Morgan fingerprint density at radius 2 is 1.88 bits per heavy atom. The number of benzene rings is 2. The fourth-order valence-electron chi connectivity index (χ4n) is 4.80. The maximum Gasteiger partial charge on any atom is 0.228 e. The van der Waals surface area contributed by atoms with Crippen LogP contribution in [-0.4, -0.2) is 29.3 Å². The van der Waals surface area contributed by atoms with E-state index in [2.05, 4.69) is 29.4 Å². The van der Waals surface area contributed by atoms with Gasteiger partial charge in [0.25, 0.3) is 0 Å². The molecule has 166 valence electrons. The highest BCUT2D eigenvalue weighted by Gasteiger charge is 2.36. The number of pyridine rings is 1. The molecule has 1 fully saturated rings. The number of methoxy groups -OCH3 is 1. The van der Waals surface area contributed by atoms with Crippen LogP contribution in [0, 0.1) is 0 Å². The summed E-state index contributed by atoms with van der Waals surface area (Å²) in [6.45, 7) is 2.14. The number of hydrogen-bond acceptors (Lipinski definition) is 5. The predicted molar refractivity (Wildman–Crippen MR) is 128 cm³/mol. The quantitative estimate of drug-likeness (QED) is 0.514. The first-order valence-corrected chi connectivity index (χ1v) is 12.2. The van der Waals surface area contributed by atoms with Gasteiger partial charge in [-0.05, 0) is 48.7 Å². The lowest BCUT2D eigenvalue weighted by Crippen LogP contribution is -2.40. The van der Waals surface area contributed by atoms with Crippen LogP contribution in [0.5, 0.6) is 17.2 Å². The molecule has 0 spiro atoms. The molecule has 3 aromatic rings. The van der Waals surface area contributed by atoms with Crippen molar-refractivity contribution in [2.75, 3.05) is 7.11 Å². The topological polar surface area (TPSA) is 60.5 Å². The second-order valence-corrected chi connectivity index (χ2v) is 10.1. The van der Waals surface area contributed by atoms with Crippen LogP contribution < -0.4 is 14.8 Å². The molecule has 2 aromatic carbocycles. The zero-order chi connectivity index (χ0) is 22.1. The van der Waals surface area contributed by atoms with Gasteiger partial charge in [0.2, 0.25) is 5.91 Å². The average molecular weight is 449 g/mol. The Balaban J connectivity index is 1.36. The molecule has 1 aliphatic carbocycles. The summed E-state index contributed by atoms with van der Waals surface area (Å²) in [5, 5.41) is 4.45. The number of hydrogen-bond donors (Lipinski definition) is 1. The molecule has 5 nitrogen and oxygen atoms in total. The minimum Gasteiger partial charge on any atom is -0.497 e. The number of amides is 1. The summed E-state index contributed by atoms with van der Waals surface area (Å²) in [6, 6.07) is 14.1. The smallest absolute Gasteiger partial charge is 0.228 e. The summed E-state index contributed by atoms with van der Waals surface area (Å²) in [6.07, 6.45) is 7.67. The monoisotopic (exact) mass is 448 g/mol. The first-order chi connectivity index (χ1) is 15.6. The first kappa shape index (κ1) is 21.1. The van der Waals surface area contributed by atoms with Crippen LogP contribution in [-0.2, 0) is 4.79 Å². The molecule has 0 bridgehead atoms. The molecule has 0 saturated heterocycles. The largest absolute Gasteiger partial charge is 0.497 e. The number of rotatable bonds is 5. The Morgan fingerprint density at radius 3 is 2.69 bits per heavy atom. The van der Waals surface area contributed by atoms with Crippen molar-refractivity contribution < 1.29 is 14.3 Å². The van der Waals surface area contributed by atoms with Crippen molar-refractivity contribution in [3.8, 4) is 17.2 Å². The van der Waals surface area contributed by atoms with Crippen molar-refractivity contribution in [3.05, 3.63) is 54.2 Å². The van der Waals surface area contributed by atoms with Crippen molar-refractivity contribution in [2.24, 2.45) is 0 Å². The van der Waals surface area contributed by atoms with Crippen LogP contribution in [0.4, 0.5) is 0 Å². The Kier molecular flexibility index (Phi) is 5.96. The van der Waals surface area contributed by atoms with Crippen molar-refractivity contribution in [1.29, 1.82) is 0 Å². The SMILES string of the molecule is COc1ccc2c(Oc3ccc4c(c3)SC(C)C4C(=O)NC3CCCCC3)ccnc2c1. The number of carbonyl (C=O) groups is 1. The maximum atomic E-state index is 13.1. The Labute approximate surface area is 192 Å². The van der Waals surface area contributed by atoms with Gasteiger partial charge in [0.05, 0.1) is 18.5 Å². The zero-order valence-corrected chi connectivity index (χ0v) is 19.3. The van der Waals surface area contributed by atoms with Crippen LogP contribution >= 0.6 is 11.8 Å². The summed E-state index contributed by atoms with van der Waals surface area (Å²) in [5.41, 5.74) is 1.93. The van der Waals surface area contributed by atoms with E-state index in [1.165, 1.54) is 19.3 Å². The zero-order valence-electron chi connectivity index (χ0n) is 18.5. The number of carbonyl (C=O) groups excluding carboxylic acids is 1. The minimum atomic E-state index is -0.111. The van der Waals surface area contributed by atoms with Crippen LogP contribution in [0.25, 0.3) is 10.9 Å². The van der Waals surface area contributed by atoms with E-state index in [1.807, 2.05) is 30.3 Å². The lowest BCUT2D eigenvalue weighted by Gasteiger charge is -2.25. The van der Waals surface area contributed by atoms with Crippen molar-refractivity contribution in [2.45, 2.75) is 61.1 Å². The number of nitrogens with zero attached hydrogens (tertiary/aromatic N) is 1. The normalized spacial score (nSPS) is 20.7. The molecule has 2 unspecified atom stereocenters. The molecule has 0 radical (unpaired) electrons. The van der Waals surface area contributed by atoms with E-state index >= 15 is 0 Å². The molecule has 1 N–H and O–H groups in total. The van der Waals surface area contributed by atoms with Crippen LogP contribution in [0.1, 0.15) is 50.5 Å². The van der Waals surface area contributed by atoms with E-state index in [4.69, 9.17) is 9.47 Å². The van der Waals surface area contributed by atoms with Gasteiger partial charge in [-0.25, -0.2) is 0 Å². The highest BCUT2D eigenvalue weighted by molar-refractivity contribution is 8.00. The van der Waals surface area contributed by atoms with Gasteiger partial charge in [-0.1, -0.05) is 32.3 Å². The summed E-state index contributed by atoms with van der Waals surface area (Å²) < 4.78 is 11.5. The van der Waals surface area contributed by atoms with E-state index in [9.17, 15) is 4.79 Å². The van der Waals surface area contributed by atoms with E-state index in [0.717, 1.165) is 51.5 Å². The third kappa shape index (κ3) is 4.16. The van der Waals surface area contributed by atoms with Crippen LogP contribution in [0.3, 0.4) is 0 Å². The third-order valence-electron chi connectivity index (χ3n) is 6.47. The first-order valence-electron chi connectivity index (χ1n) is 11.3. The standard InChI is InChI=1S/C26H28N2O3S/c1-16-25(26(29)28-17-6-4-3-5-7-17)21-11-9-19(15-24(21)32-16)31-23-12-13-27-22-14-18(30-2)8-10-20(22)23/h8-17,25H,3-7H2,1-2H3,(H,28,29). The van der Waals surface area contributed by atoms with Crippen LogP contribution in [0.2, 0.25) is 0 Å². The highest BCUT2D eigenvalue weighted by Crippen LogP contribution is 2.47. The lowest BCUT2D eigenvalue weighted by molar-refractivity contribution is -0.123. The van der Waals surface area contributed by atoms with Gasteiger partial charge in [0.1, 0.15) is 17.2 Å². The predicted octanol–water partition coefficient (Wildman–Crippen LogP) is 6.06. The molecule has 2 heterocycles. The minimum absolute atomic E-state index is 0.111. The van der Waals surface area contributed by atoms with Crippen molar-refractivity contribution in [1.82, 2.24) is 10.3 Å². The third-order valence-corrected chi connectivity index (χ3v) is 7.73. The van der Waals surface area contributed by atoms with E-state index in [-0.39, 0.29) is 17.1 Å². The second kappa shape index (κ2) is 9.02. The second-order valence-electron chi connectivity index (χ2n) is 8.64. The molecule has 1 amide bonds. The molecule has 1 aliphatic heterocycles. The number of fused-ring (bicyclic) bond motifs is 2. The molecule has 6 heteroatoms. The van der Waals surface area contributed by atoms with Gasteiger partial charge in [0.15, 0.2) is 0 Å². The van der Waals surface area contributed by atoms with Gasteiger partial charge < -0.3 is 14.8 Å². The number of thioether (sulfide) groups is 1. The van der Waals surface area contributed by atoms with Crippen molar-refractivity contribution >= 4 is 28.6 Å². The fourth-order valence-corrected chi connectivity index (χ4v) is 6.12. The number of ether oxygens (including phenoxy) is 2. The Morgan fingerprint density at radius 1 is 1.06 bits per heavy atom. The molecular formula is C26H28N2O3S. The highest BCUT2D eigenvalue weighted by atomic mass is 32.2. The van der Waals surface area contributed by atoms with Crippen molar-refractivity contribution in [3.63, 3.8) is 0 Å². The van der Waals surface area contributed by atoms with Gasteiger partial charge >= 0.3 is 0 Å². The number of aromatic nitrogens is 1. The van der Waals surface area contributed by atoms with Gasteiger partial charge in [-0.2, -0.15) is 0 Å². The van der Waals surface area contributed by atoms with E-state index < -0.39 is 0 Å². The molecule has 2 atom stereocenters. The lowest BCUT2D eigenvalue weighted by atomic mass is 9.92. The summed E-state index contributed by atoms with van der Waals surface area (Å²) in [5.74, 6) is 2.33. The average Bonchev–Trinajstić information content (AvgIpc) is 3.14. The molecule has 1 aromatic heterocycles. The van der Waals surface area contributed by atoms with Gasteiger partial charge in [0, 0.05) is 33.8 Å². The summed E-state index contributed by atoms with van der Waals surface area (Å²) in [4.78, 5) is 18.6. The van der Waals surface area contributed by atoms with Crippen LogP contribution in [0.15, 0.2) is 53.6 Å².